The largest absolute Gasteiger partial charge is 0.618 e. The molecule has 4 rings (SSSR count). The summed E-state index contributed by atoms with van der Waals surface area (Å²) in [6.45, 7) is 8.28. The number of nitrogens with zero attached hydrogens (tertiary/aromatic N) is 4. The van der Waals surface area contributed by atoms with Crippen LogP contribution in [0.4, 0.5) is 10.1 Å². The molecule has 0 saturated carbocycles. The number of nitriles is 1. The van der Waals surface area contributed by atoms with Crippen LogP contribution in [-0.4, -0.2) is 49.6 Å². The molecule has 8 nitrogen and oxygen atoms in total. The number of ether oxygens (including phenoxy) is 1. The van der Waals surface area contributed by atoms with Crippen molar-refractivity contribution in [3.8, 4) is 11.8 Å². The highest BCUT2D eigenvalue weighted by atomic mass is 19.1. The molecule has 1 saturated heterocycles. The predicted octanol–water partition coefficient (Wildman–Crippen LogP) is 4.64. The Labute approximate surface area is 241 Å². The molecule has 1 atom stereocenters. The number of aryl methyl sites for hydroxylation is 1. The zero-order chi connectivity index (χ0) is 29.5. The van der Waals surface area contributed by atoms with E-state index in [4.69, 9.17) is 4.74 Å². The van der Waals surface area contributed by atoms with Crippen molar-refractivity contribution in [2.45, 2.75) is 58.7 Å². The number of aromatic nitrogens is 1. The van der Waals surface area contributed by atoms with E-state index < -0.39 is 0 Å². The van der Waals surface area contributed by atoms with Crippen LogP contribution in [0.2, 0.25) is 0 Å². The molecule has 2 heterocycles. The number of piperidine rings is 1. The lowest BCUT2D eigenvalue weighted by Gasteiger charge is -2.42. The molecule has 1 aromatic heterocycles. The smallest absolute Gasteiger partial charge is 0.257 e. The van der Waals surface area contributed by atoms with E-state index in [-0.39, 0.29) is 23.8 Å². The maximum atomic E-state index is 14.8. The number of benzene rings is 2. The van der Waals surface area contributed by atoms with Crippen LogP contribution in [0.3, 0.4) is 0 Å². The number of carbonyl (C=O) groups is 1. The molecule has 0 spiro atoms. The Morgan fingerprint density at radius 2 is 1.93 bits per heavy atom. The van der Waals surface area contributed by atoms with Crippen LogP contribution in [-0.2, 0) is 6.54 Å². The normalized spacial score (nSPS) is 14.7. The minimum Gasteiger partial charge on any atom is -0.618 e. The monoisotopic (exact) mass is 559 g/mol. The van der Waals surface area contributed by atoms with E-state index in [1.54, 1.807) is 26.2 Å². The van der Waals surface area contributed by atoms with E-state index in [2.05, 4.69) is 28.1 Å². The van der Waals surface area contributed by atoms with Gasteiger partial charge in [-0.3, -0.25) is 4.79 Å². The summed E-state index contributed by atoms with van der Waals surface area (Å²) in [6, 6.07) is 16.5. The summed E-state index contributed by atoms with van der Waals surface area (Å²) in [7, 11) is 1.63. The molecular weight excluding hydrogens is 521 g/mol. The fourth-order valence-corrected chi connectivity index (χ4v) is 5.57. The summed E-state index contributed by atoms with van der Waals surface area (Å²) >= 11 is 0. The topological polar surface area (TPSA) is 95.5 Å². The number of methoxy groups -OCH3 is 1. The molecule has 2 aromatic carbocycles. The Hall–Kier alpha value is -4.16. The minimum absolute atomic E-state index is 0.194. The number of hydrogen-bond donors (Lipinski definition) is 1. The summed E-state index contributed by atoms with van der Waals surface area (Å²) in [5, 5.41) is 24.2. The second-order valence-electron chi connectivity index (χ2n) is 10.7. The molecule has 0 aliphatic carbocycles. The Morgan fingerprint density at radius 1 is 1.22 bits per heavy atom. The molecule has 1 fully saturated rings. The zero-order valence-electron chi connectivity index (χ0n) is 24.2. The van der Waals surface area contributed by atoms with Gasteiger partial charge in [0.2, 0.25) is 5.69 Å². The third-order valence-electron chi connectivity index (χ3n) is 8.10. The molecule has 9 heteroatoms. The first-order chi connectivity index (χ1) is 19.7. The number of halogens is 1. The first-order valence-corrected chi connectivity index (χ1v) is 14.0. The lowest BCUT2D eigenvalue weighted by molar-refractivity contribution is -0.612. The highest BCUT2D eigenvalue weighted by Gasteiger charge is 2.28. The van der Waals surface area contributed by atoms with Gasteiger partial charge >= 0.3 is 0 Å². The lowest BCUT2D eigenvalue weighted by atomic mass is 9.98. The molecule has 41 heavy (non-hydrogen) atoms. The van der Waals surface area contributed by atoms with Gasteiger partial charge in [0.25, 0.3) is 5.91 Å². The predicted molar refractivity (Wildman–Crippen MR) is 156 cm³/mol. The fourth-order valence-electron chi connectivity index (χ4n) is 5.57. The van der Waals surface area contributed by atoms with Gasteiger partial charge in [0.15, 0.2) is 6.20 Å². The fraction of sp³-hybridized carbons (Fsp3) is 0.406. The Balaban J connectivity index is 1.38. The van der Waals surface area contributed by atoms with Gasteiger partial charge in [-0.2, -0.15) is 9.99 Å². The molecule has 1 N–H and O–H groups in total. The molecule has 0 bridgehead atoms. The van der Waals surface area contributed by atoms with Gasteiger partial charge in [-0.1, -0.05) is 0 Å². The van der Waals surface area contributed by atoms with Crippen molar-refractivity contribution < 1.29 is 18.7 Å². The second kappa shape index (κ2) is 13.5. The van der Waals surface area contributed by atoms with Gasteiger partial charge < -0.3 is 25.1 Å². The van der Waals surface area contributed by atoms with Crippen LogP contribution in [0.15, 0.2) is 54.7 Å². The average molecular weight is 560 g/mol. The third-order valence-corrected chi connectivity index (χ3v) is 8.10. The number of hydrogen-bond acceptors (Lipinski definition) is 6. The van der Waals surface area contributed by atoms with E-state index in [0.29, 0.717) is 35.5 Å². The van der Waals surface area contributed by atoms with Crippen molar-refractivity contribution in [2.75, 3.05) is 31.6 Å². The van der Waals surface area contributed by atoms with Crippen LogP contribution in [0.1, 0.15) is 58.9 Å². The van der Waals surface area contributed by atoms with Gasteiger partial charge in [-0.05, 0) is 81.1 Å². The van der Waals surface area contributed by atoms with E-state index in [1.165, 1.54) is 18.3 Å². The van der Waals surface area contributed by atoms with Crippen LogP contribution >= 0.6 is 0 Å². The molecule has 1 aliphatic heterocycles. The van der Waals surface area contributed by atoms with Crippen molar-refractivity contribution in [1.82, 2.24) is 10.2 Å². The van der Waals surface area contributed by atoms with Crippen molar-refractivity contribution >= 4 is 11.6 Å². The van der Waals surface area contributed by atoms with Crippen molar-refractivity contribution in [3.63, 3.8) is 0 Å². The van der Waals surface area contributed by atoms with Gasteiger partial charge in [0.05, 0.1) is 18.7 Å². The van der Waals surface area contributed by atoms with E-state index >= 15 is 0 Å². The van der Waals surface area contributed by atoms with Crippen LogP contribution < -0.4 is 19.7 Å². The Kier molecular flexibility index (Phi) is 9.79. The molecule has 216 valence electrons. The van der Waals surface area contributed by atoms with Gasteiger partial charge in [-0.25, -0.2) is 4.39 Å². The summed E-state index contributed by atoms with van der Waals surface area (Å²) in [4.78, 5) is 17.4. The second-order valence-corrected chi connectivity index (χ2v) is 10.7. The number of nitrogens with one attached hydrogen (secondary N) is 1. The maximum Gasteiger partial charge on any atom is 0.257 e. The first-order valence-electron chi connectivity index (χ1n) is 14.0. The first kappa shape index (κ1) is 29.8. The number of rotatable bonds is 10. The van der Waals surface area contributed by atoms with Crippen LogP contribution in [0.5, 0.6) is 5.75 Å². The number of likely N-dealkylation sites (tertiary alicyclic amines) is 1. The minimum atomic E-state index is -0.318. The third kappa shape index (κ3) is 7.14. The molecule has 3 aromatic rings. The van der Waals surface area contributed by atoms with Gasteiger partial charge in [-0.15, -0.1) is 0 Å². The van der Waals surface area contributed by atoms with E-state index in [1.807, 2.05) is 31.2 Å². The summed E-state index contributed by atoms with van der Waals surface area (Å²) < 4.78 is 20.8. The number of amides is 1. The Morgan fingerprint density at radius 3 is 2.59 bits per heavy atom. The van der Waals surface area contributed by atoms with Crippen molar-refractivity contribution in [2.24, 2.45) is 0 Å². The lowest BCUT2D eigenvalue weighted by Crippen LogP contribution is -2.48. The molecule has 1 aliphatic rings. The SMILES string of the molecule is COc1ccc(N(Cc2cc(C#N)ccc2F)C2CCN(C(C)CCNC(=O)c3c(C)cc[n+]([O-])c3C)CC2)cc1. The number of pyridine rings is 1. The quantitative estimate of drug-likeness (QED) is 0.287. The molecule has 1 amide bonds. The van der Waals surface area contributed by atoms with Crippen LogP contribution in [0.25, 0.3) is 0 Å². The summed E-state index contributed by atoms with van der Waals surface area (Å²) in [5.41, 5.74) is 3.54. The standard InChI is InChI=1S/C32H38FN5O3/c1-22-12-18-38(40)24(3)31(22)32(39)35-15-11-23(2)36-16-13-28(14-17-36)37(27-6-8-29(41-4)9-7-27)21-26-19-25(20-34)5-10-30(26)33/h5-10,12,18-19,23,28H,11,13-17,21H2,1-4H3,(H,35,39). The van der Waals surface area contributed by atoms with E-state index in [0.717, 1.165) is 54.1 Å². The van der Waals surface area contributed by atoms with Crippen molar-refractivity contribution in [1.29, 1.82) is 5.26 Å². The highest BCUT2D eigenvalue weighted by Crippen LogP contribution is 2.29. The number of carbonyl (C=O) groups excluding carboxylic acids is 1. The average Bonchev–Trinajstić information content (AvgIpc) is 2.99. The van der Waals surface area contributed by atoms with Gasteiger partial charge in [0, 0.05) is 62.5 Å². The summed E-state index contributed by atoms with van der Waals surface area (Å²) in [5.74, 6) is 0.215. The highest BCUT2D eigenvalue weighted by molar-refractivity contribution is 5.96. The Bertz CT molecular complexity index is 1400. The zero-order valence-corrected chi connectivity index (χ0v) is 24.2. The maximum absolute atomic E-state index is 14.8. The van der Waals surface area contributed by atoms with Crippen molar-refractivity contribution in [3.05, 3.63) is 93.7 Å². The van der Waals surface area contributed by atoms with E-state index in [9.17, 15) is 19.7 Å². The number of anilines is 1. The van der Waals surface area contributed by atoms with Crippen LogP contribution in [0, 0.1) is 36.2 Å². The molecular formula is C32H38FN5O3. The molecule has 1 unspecified atom stereocenters. The van der Waals surface area contributed by atoms with Gasteiger partial charge in [0.1, 0.15) is 17.1 Å². The summed E-state index contributed by atoms with van der Waals surface area (Å²) in [6.07, 6.45) is 4.00. The molecule has 0 radical (unpaired) electrons.